The van der Waals surface area contributed by atoms with Crippen LogP contribution in [0.4, 0.5) is 5.69 Å². The van der Waals surface area contributed by atoms with Crippen LogP contribution >= 0.6 is 0 Å². The largest absolute Gasteiger partial charge is 0.311 e. The van der Waals surface area contributed by atoms with Gasteiger partial charge in [0, 0.05) is 18.8 Å². The lowest BCUT2D eigenvalue weighted by Crippen LogP contribution is -2.41. The predicted molar refractivity (Wildman–Crippen MR) is 94.2 cm³/mol. The summed E-state index contributed by atoms with van der Waals surface area (Å²) in [5.41, 5.74) is 2.87. The van der Waals surface area contributed by atoms with Gasteiger partial charge >= 0.3 is 0 Å². The van der Waals surface area contributed by atoms with Crippen molar-refractivity contribution in [2.75, 3.05) is 24.2 Å². The number of rotatable bonds is 5. The first-order valence-corrected chi connectivity index (χ1v) is 9.67. The monoisotopic (exact) mass is 344 g/mol. The molecule has 24 heavy (non-hydrogen) atoms. The highest BCUT2D eigenvalue weighted by Crippen LogP contribution is 2.27. The lowest BCUT2D eigenvalue weighted by Gasteiger charge is -2.23. The molecular weight excluding hydrogens is 324 g/mol. The summed E-state index contributed by atoms with van der Waals surface area (Å²) in [6.07, 6.45) is 1.95. The highest BCUT2D eigenvalue weighted by atomic mass is 32.2. The van der Waals surface area contributed by atoms with E-state index < -0.39 is 10.0 Å². The highest BCUT2D eigenvalue weighted by molar-refractivity contribution is 7.88. The van der Waals surface area contributed by atoms with Gasteiger partial charge in [0.25, 0.3) is 0 Å². The van der Waals surface area contributed by atoms with Crippen molar-refractivity contribution < 1.29 is 13.2 Å². The summed E-state index contributed by atoms with van der Waals surface area (Å²) in [5.74, 6) is -0.193. The normalized spacial score (nSPS) is 14.0. The lowest BCUT2D eigenvalue weighted by molar-refractivity contribution is -0.118. The molecule has 0 bridgehead atoms. The molecular formula is C18H20N2O3S. The van der Waals surface area contributed by atoms with Gasteiger partial charge in [0.2, 0.25) is 15.9 Å². The summed E-state index contributed by atoms with van der Waals surface area (Å²) in [4.78, 5) is 14.4. The van der Waals surface area contributed by atoms with Crippen molar-refractivity contribution in [2.24, 2.45) is 0 Å². The van der Waals surface area contributed by atoms with Crippen LogP contribution in [0.1, 0.15) is 11.1 Å². The van der Waals surface area contributed by atoms with E-state index in [1.807, 2.05) is 54.6 Å². The van der Waals surface area contributed by atoms with Crippen molar-refractivity contribution >= 4 is 21.6 Å². The Hall–Kier alpha value is -2.18. The minimum Gasteiger partial charge on any atom is -0.311 e. The minimum absolute atomic E-state index is 0.151. The number of carbonyl (C=O) groups is 1. The van der Waals surface area contributed by atoms with E-state index in [0.29, 0.717) is 6.54 Å². The molecule has 5 nitrogen and oxygen atoms in total. The standard InChI is InChI=1S/C18H20N2O3S/c1-24(22,23)19(13-15-7-3-2-4-8-15)14-18(21)20-12-11-16-9-5-6-10-17(16)20/h2-10H,11-14H2,1H3. The Morgan fingerprint density at radius 3 is 2.46 bits per heavy atom. The minimum atomic E-state index is -3.48. The van der Waals surface area contributed by atoms with Crippen molar-refractivity contribution in [3.05, 3.63) is 65.7 Å². The molecule has 0 unspecified atom stereocenters. The topological polar surface area (TPSA) is 57.7 Å². The molecule has 3 rings (SSSR count). The van der Waals surface area contributed by atoms with E-state index in [2.05, 4.69) is 0 Å². The SMILES string of the molecule is CS(=O)(=O)N(CC(=O)N1CCc2ccccc21)Cc1ccccc1. The van der Waals surface area contributed by atoms with Crippen molar-refractivity contribution in [2.45, 2.75) is 13.0 Å². The fourth-order valence-electron chi connectivity index (χ4n) is 2.91. The number of para-hydroxylation sites is 1. The lowest BCUT2D eigenvalue weighted by atomic mass is 10.2. The third-order valence-electron chi connectivity index (χ3n) is 4.17. The molecule has 0 saturated carbocycles. The summed E-state index contributed by atoms with van der Waals surface area (Å²) in [6.45, 7) is 0.643. The number of benzene rings is 2. The molecule has 0 N–H and O–H groups in total. The number of fused-ring (bicyclic) bond motifs is 1. The van der Waals surface area contributed by atoms with Crippen molar-refractivity contribution in [1.29, 1.82) is 0 Å². The summed E-state index contributed by atoms with van der Waals surface area (Å²) >= 11 is 0. The molecule has 0 fully saturated rings. The Morgan fingerprint density at radius 2 is 1.75 bits per heavy atom. The number of amides is 1. The number of nitrogens with zero attached hydrogens (tertiary/aromatic N) is 2. The molecule has 6 heteroatoms. The first-order chi connectivity index (χ1) is 11.4. The van der Waals surface area contributed by atoms with E-state index in [1.54, 1.807) is 4.90 Å². The Kier molecular flexibility index (Phi) is 4.69. The van der Waals surface area contributed by atoms with E-state index in [4.69, 9.17) is 0 Å². The molecule has 2 aromatic rings. The highest BCUT2D eigenvalue weighted by Gasteiger charge is 2.28. The van der Waals surface area contributed by atoms with Gasteiger partial charge in [-0.15, -0.1) is 0 Å². The first-order valence-electron chi connectivity index (χ1n) is 7.82. The first kappa shape index (κ1) is 16.7. The molecule has 0 radical (unpaired) electrons. The van der Waals surface area contributed by atoms with Crippen LogP contribution < -0.4 is 4.90 Å². The average Bonchev–Trinajstić information content (AvgIpc) is 2.98. The second kappa shape index (κ2) is 6.75. The van der Waals surface area contributed by atoms with Gasteiger partial charge in [-0.2, -0.15) is 4.31 Å². The van der Waals surface area contributed by atoms with Crippen LogP contribution in [0, 0.1) is 0 Å². The van der Waals surface area contributed by atoms with E-state index in [1.165, 1.54) is 4.31 Å². The van der Waals surface area contributed by atoms with Gasteiger partial charge in [0.05, 0.1) is 12.8 Å². The van der Waals surface area contributed by atoms with E-state index in [0.717, 1.165) is 29.5 Å². The maximum Gasteiger partial charge on any atom is 0.242 e. The second-order valence-electron chi connectivity index (χ2n) is 5.94. The Morgan fingerprint density at radius 1 is 1.08 bits per heavy atom. The fraction of sp³-hybridized carbons (Fsp3) is 0.278. The third kappa shape index (κ3) is 3.66. The smallest absolute Gasteiger partial charge is 0.242 e. The van der Waals surface area contributed by atoms with Crippen molar-refractivity contribution in [1.82, 2.24) is 4.31 Å². The van der Waals surface area contributed by atoms with Gasteiger partial charge in [-0.25, -0.2) is 8.42 Å². The van der Waals surface area contributed by atoms with Crippen molar-refractivity contribution in [3.8, 4) is 0 Å². The molecule has 2 aromatic carbocycles. The molecule has 1 aliphatic heterocycles. The summed E-state index contributed by atoms with van der Waals surface area (Å²) in [7, 11) is -3.48. The molecule has 126 valence electrons. The Bertz CT molecular complexity index is 834. The Labute approximate surface area is 142 Å². The number of sulfonamides is 1. The van der Waals surface area contributed by atoms with Crippen LogP contribution in [-0.4, -0.2) is 38.0 Å². The van der Waals surface area contributed by atoms with Gasteiger partial charge < -0.3 is 4.90 Å². The van der Waals surface area contributed by atoms with Gasteiger partial charge in [-0.1, -0.05) is 48.5 Å². The molecule has 0 aliphatic carbocycles. The third-order valence-corrected chi connectivity index (χ3v) is 5.37. The number of carbonyl (C=O) groups excluding carboxylic acids is 1. The van der Waals surface area contributed by atoms with Crippen LogP contribution in [-0.2, 0) is 27.8 Å². The summed E-state index contributed by atoms with van der Waals surface area (Å²) in [6, 6.07) is 17.0. The zero-order valence-corrected chi connectivity index (χ0v) is 14.4. The maximum absolute atomic E-state index is 12.7. The number of hydrogen-bond donors (Lipinski definition) is 0. The predicted octanol–water partition coefficient (Wildman–Crippen LogP) is 2.04. The van der Waals surface area contributed by atoms with E-state index in [-0.39, 0.29) is 19.0 Å². The van der Waals surface area contributed by atoms with E-state index in [9.17, 15) is 13.2 Å². The number of hydrogen-bond acceptors (Lipinski definition) is 3. The summed E-state index contributed by atoms with van der Waals surface area (Å²) in [5, 5.41) is 0. The molecule has 1 heterocycles. The Balaban J connectivity index is 1.77. The molecule has 0 atom stereocenters. The molecule has 1 aliphatic rings. The number of anilines is 1. The van der Waals surface area contributed by atoms with Crippen LogP contribution in [0.3, 0.4) is 0 Å². The fourth-order valence-corrected chi connectivity index (χ4v) is 3.64. The van der Waals surface area contributed by atoms with Gasteiger partial charge in [-0.3, -0.25) is 4.79 Å². The van der Waals surface area contributed by atoms with Gasteiger partial charge in [-0.05, 0) is 23.6 Å². The molecule has 0 saturated heterocycles. The van der Waals surface area contributed by atoms with Gasteiger partial charge in [0.1, 0.15) is 0 Å². The van der Waals surface area contributed by atoms with Crippen LogP contribution in [0.2, 0.25) is 0 Å². The van der Waals surface area contributed by atoms with Crippen LogP contribution in [0.15, 0.2) is 54.6 Å². The summed E-state index contributed by atoms with van der Waals surface area (Å²) < 4.78 is 25.4. The van der Waals surface area contributed by atoms with Crippen molar-refractivity contribution in [3.63, 3.8) is 0 Å². The molecule has 0 aromatic heterocycles. The van der Waals surface area contributed by atoms with Crippen LogP contribution in [0.25, 0.3) is 0 Å². The zero-order valence-electron chi connectivity index (χ0n) is 13.6. The van der Waals surface area contributed by atoms with E-state index >= 15 is 0 Å². The van der Waals surface area contributed by atoms with Gasteiger partial charge in [0.15, 0.2) is 0 Å². The molecule has 1 amide bonds. The zero-order chi connectivity index (χ0) is 17.2. The maximum atomic E-state index is 12.7. The van der Waals surface area contributed by atoms with Crippen LogP contribution in [0.5, 0.6) is 0 Å². The average molecular weight is 344 g/mol. The quantitative estimate of drug-likeness (QED) is 0.834. The second-order valence-corrected chi connectivity index (χ2v) is 7.92. The molecule has 0 spiro atoms.